The Balaban J connectivity index is 1.68. The van der Waals surface area contributed by atoms with Crippen molar-refractivity contribution in [2.75, 3.05) is 5.32 Å². The third-order valence-electron chi connectivity index (χ3n) is 2.70. The number of hydrogen-bond donors (Lipinski definition) is 1. The molecule has 2 aromatic heterocycles. The Morgan fingerprint density at radius 2 is 1.95 bits per heavy atom. The molecule has 0 aliphatic carbocycles. The van der Waals surface area contributed by atoms with Crippen molar-refractivity contribution in [1.29, 1.82) is 0 Å². The van der Waals surface area contributed by atoms with Gasteiger partial charge in [-0.3, -0.25) is 0 Å². The fourth-order valence-electron chi connectivity index (χ4n) is 1.79. The van der Waals surface area contributed by atoms with Crippen LogP contribution in [0.25, 0.3) is 11.1 Å². The quantitative estimate of drug-likeness (QED) is 0.782. The van der Waals surface area contributed by atoms with Gasteiger partial charge in [0.2, 0.25) is 5.13 Å². The number of nitrogens with zero attached hydrogens (tertiary/aromatic N) is 2. The lowest BCUT2D eigenvalue weighted by atomic mass is 10.1. The van der Waals surface area contributed by atoms with Gasteiger partial charge in [0.25, 0.3) is 0 Å². The van der Waals surface area contributed by atoms with Crippen LogP contribution in [0.2, 0.25) is 0 Å². The molecular formula is C14H13N3S2. The highest BCUT2D eigenvalue weighted by atomic mass is 32.1. The van der Waals surface area contributed by atoms with Gasteiger partial charge in [-0.2, -0.15) is 0 Å². The highest BCUT2D eigenvalue weighted by molar-refractivity contribution is 7.15. The van der Waals surface area contributed by atoms with E-state index in [4.69, 9.17) is 0 Å². The van der Waals surface area contributed by atoms with E-state index in [1.54, 1.807) is 22.7 Å². The molecule has 0 amide bonds. The molecule has 1 aromatic carbocycles. The lowest BCUT2D eigenvalue weighted by Gasteiger charge is -1.98. The highest BCUT2D eigenvalue weighted by Crippen LogP contribution is 2.26. The standard InChI is InChI=1S/C14H13N3S2/c1-10-16-17-14(19-10)15-8-13-7-12(9-18-13)11-5-3-2-4-6-11/h2-7,9H,8H2,1H3,(H,15,17). The summed E-state index contributed by atoms with van der Waals surface area (Å²) in [6.07, 6.45) is 0. The van der Waals surface area contributed by atoms with Gasteiger partial charge in [-0.25, -0.2) is 0 Å². The number of aryl methyl sites for hydroxylation is 1. The first-order chi connectivity index (χ1) is 9.31. The molecule has 3 nitrogen and oxygen atoms in total. The van der Waals surface area contributed by atoms with E-state index in [-0.39, 0.29) is 0 Å². The normalized spacial score (nSPS) is 10.6. The molecule has 3 rings (SSSR count). The molecular weight excluding hydrogens is 274 g/mol. The Morgan fingerprint density at radius 1 is 1.11 bits per heavy atom. The molecule has 5 heteroatoms. The van der Waals surface area contributed by atoms with E-state index in [0.29, 0.717) is 0 Å². The van der Waals surface area contributed by atoms with Gasteiger partial charge in [0, 0.05) is 4.88 Å². The summed E-state index contributed by atoms with van der Waals surface area (Å²) in [5.41, 5.74) is 2.53. The summed E-state index contributed by atoms with van der Waals surface area (Å²) in [5.74, 6) is 0. The number of benzene rings is 1. The van der Waals surface area contributed by atoms with E-state index in [9.17, 15) is 0 Å². The Labute approximate surface area is 120 Å². The van der Waals surface area contributed by atoms with E-state index in [1.165, 1.54) is 16.0 Å². The summed E-state index contributed by atoms with van der Waals surface area (Å²) in [7, 11) is 0. The second-order valence-corrected chi connectivity index (χ2v) is 6.32. The number of thiophene rings is 1. The zero-order valence-corrected chi connectivity index (χ0v) is 12.1. The van der Waals surface area contributed by atoms with E-state index in [1.807, 2.05) is 13.0 Å². The number of hydrogen-bond acceptors (Lipinski definition) is 5. The van der Waals surface area contributed by atoms with Gasteiger partial charge >= 0.3 is 0 Å². The molecule has 0 fully saturated rings. The summed E-state index contributed by atoms with van der Waals surface area (Å²) in [5, 5.41) is 15.4. The predicted octanol–water partition coefficient (Wildman–Crippen LogP) is 4.19. The maximum atomic E-state index is 4.06. The van der Waals surface area contributed by atoms with Crippen molar-refractivity contribution in [3.63, 3.8) is 0 Å². The van der Waals surface area contributed by atoms with Crippen LogP contribution in [0.3, 0.4) is 0 Å². The SMILES string of the molecule is Cc1nnc(NCc2cc(-c3ccccc3)cs2)s1. The van der Waals surface area contributed by atoms with Crippen LogP contribution in [0.4, 0.5) is 5.13 Å². The lowest BCUT2D eigenvalue weighted by Crippen LogP contribution is -1.96. The van der Waals surface area contributed by atoms with Crippen molar-refractivity contribution >= 4 is 27.8 Å². The third-order valence-corrected chi connectivity index (χ3v) is 4.43. The first kappa shape index (κ1) is 12.3. The summed E-state index contributed by atoms with van der Waals surface area (Å²) in [6, 6.07) is 12.7. The zero-order valence-electron chi connectivity index (χ0n) is 10.5. The molecule has 0 radical (unpaired) electrons. The molecule has 0 aliphatic rings. The van der Waals surface area contributed by atoms with E-state index < -0.39 is 0 Å². The van der Waals surface area contributed by atoms with Gasteiger partial charge < -0.3 is 5.32 Å². The second-order valence-electron chi connectivity index (χ2n) is 4.15. The van der Waals surface area contributed by atoms with Crippen molar-refractivity contribution in [2.24, 2.45) is 0 Å². The number of rotatable bonds is 4. The van der Waals surface area contributed by atoms with Gasteiger partial charge in [-0.05, 0) is 29.5 Å². The summed E-state index contributed by atoms with van der Waals surface area (Å²) < 4.78 is 0. The Hall–Kier alpha value is -1.72. The average molecular weight is 287 g/mol. The highest BCUT2D eigenvalue weighted by Gasteiger charge is 2.04. The molecule has 3 aromatic rings. The van der Waals surface area contributed by atoms with Crippen LogP contribution in [-0.2, 0) is 6.54 Å². The number of nitrogens with one attached hydrogen (secondary N) is 1. The maximum absolute atomic E-state index is 4.06. The van der Waals surface area contributed by atoms with Crippen molar-refractivity contribution in [3.8, 4) is 11.1 Å². The van der Waals surface area contributed by atoms with Crippen LogP contribution in [0, 0.1) is 6.92 Å². The lowest BCUT2D eigenvalue weighted by molar-refractivity contribution is 1.03. The molecule has 0 saturated heterocycles. The van der Waals surface area contributed by atoms with Crippen LogP contribution >= 0.6 is 22.7 Å². The molecule has 0 saturated carbocycles. The summed E-state index contributed by atoms with van der Waals surface area (Å²) >= 11 is 3.35. The maximum Gasteiger partial charge on any atom is 0.205 e. The van der Waals surface area contributed by atoms with Crippen molar-refractivity contribution < 1.29 is 0 Å². The molecule has 0 atom stereocenters. The monoisotopic (exact) mass is 287 g/mol. The fraction of sp³-hybridized carbons (Fsp3) is 0.143. The van der Waals surface area contributed by atoms with Crippen LogP contribution < -0.4 is 5.32 Å². The van der Waals surface area contributed by atoms with Gasteiger partial charge in [0.15, 0.2) is 0 Å². The molecule has 96 valence electrons. The summed E-state index contributed by atoms with van der Waals surface area (Å²) in [6.45, 7) is 2.76. The number of anilines is 1. The minimum atomic E-state index is 0.798. The average Bonchev–Trinajstić information content (AvgIpc) is 3.06. The molecule has 2 heterocycles. The minimum Gasteiger partial charge on any atom is -0.355 e. The van der Waals surface area contributed by atoms with Crippen molar-refractivity contribution in [2.45, 2.75) is 13.5 Å². The molecule has 1 N–H and O–H groups in total. The minimum absolute atomic E-state index is 0.798. The molecule has 19 heavy (non-hydrogen) atoms. The molecule has 0 spiro atoms. The zero-order chi connectivity index (χ0) is 13.1. The molecule has 0 unspecified atom stereocenters. The van der Waals surface area contributed by atoms with Crippen molar-refractivity contribution in [1.82, 2.24) is 10.2 Å². The second kappa shape index (κ2) is 5.50. The van der Waals surface area contributed by atoms with E-state index >= 15 is 0 Å². The van der Waals surface area contributed by atoms with Gasteiger partial charge in [0.1, 0.15) is 5.01 Å². The predicted molar refractivity (Wildman–Crippen MR) is 81.7 cm³/mol. The van der Waals surface area contributed by atoms with Crippen LogP contribution in [0.15, 0.2) is 41.8 Å². The summed E-state index contributed by atoms with van der Waals surface area (Å²) in [4.78, 5) is 1.30. The van der Waals surface area contributed by atoms with Gasteiger partial charge in [-0.15, -0.1) is 21.5 Å². The first-order valence-electron chi connectivity index (χ1n) is 5.98. The van der Waals surface area contributed by atoms with Gasteiger partial charge in [-0.1, -0.05) is 41.7 Å². The van der Waals surface area contributed by atoms with Gasteiger partial charge in [0.05, 0.1) is 6.54 Å². The smallest absolute Gasteiger partial charge is 0.205 e. The third kappa shape index (κ3) is 3.00. The Kier molecular flexibility index (Phi) is 3.57. The van der Waals surface area contributed by atoms with E-state index in [0.717, 1.165) is 16.7 Å². The van der Waals surface area contributed by atoms with Crippen molar-refractivity contribution in [3.05, 3.63) is 51.7 Å². The van der Waals surface area contributed by atoms with Crippen LogP contribution in [0.5, 0.6) is 0 Å². The first-order valence-corrected chi connectivity index (χ1v) is 7.68. The van der Waals surface area contributed by atoms with Crippen LogP contribution in [-0.4, -0.2) is 10.2 Å². The molecule has 0 aliphatic heterocycles. The fourth-order valence-corrected chi connectivity index (χ4v) is 3.21. The Morgan fingerprint density at radius 3 is 2.68 bits per heavy atom. The number of aromatic nitrogens is 2. The topological polar surface area (TPSA) is 37.8 Å². The van der Waals surface area contributed by atoms with Crippen LogP contribution in [0.1, 0.15) is 9.88 Å². The Bertz CT molecular complexity index is 658. The largest absolute Gasteiger partial charge is 0.355 e. The molecule has 0 bridgehead atoms. The van der Waals surface area contributed by atoms with E-state index in [2.05, 4.69) is 51.2 Å².